The summed E-state index contributed by atoms with van der Waals surface area (Å²) >= 11 is 1.76. The number of rotatable bonds is 5. The van der Waals surface area contributed by atoms with Gasteiger partial charge in [0.05, 0.1) is 6.54 Å². The first-order valence-corrected chi connectivity index (χ1v) is 8.60. The van der Waals surface area contributed by atoms with E-state index in [9.17, 15) is 13.2 Å². The van der Waals surface area contributed by atoms with Gasteiger partial charge in [-0.3, -0.25) is 4.99 Å². The predicted molar refractivity (Wildman–Crippen MR) is 89.5 cm³/mol. The molecule has 0 saturated carbocycles. The van der Waals surface area contributed by atoms with Crippen LogP contribution in [0.3, 0.4) is 0 Å². The zero-order valence-electron chi connectivity index (χ0n) is 13.2. The van der Waals surface area contributed by atoms with Crippen LogP contribution in [-0.4, -0.2) is 43.1 Å². The van der Waals surface area contributed by atoms with Gasteiger partial charge in [-0.15, -0.1) is 13.2 Å². The molecule has 1 aliphatic heterocycles. The maximum atomic E-state index is 12.1. The molecule has 24 heavy (non-hydrogen) atoms. The molecule has 1 fully saturated rings. The van der Waals surface area contributed by atoms with Gasteiger partial charge >= 0.3 is 6.36 Å². The van der Waals surface area contributed by atoms with Crippen LogP contribution in [0.1, 0.15) is 12.8 Å². The molecule has 3 N–H and O–H groups in total. The van der Waals surface area contributed by atoms with E-state index >= 15 is 0 Å². The van der Waals surface area contributed by atoms with Gasteiger partial charge in [0, 0.05) is 23.6 Å². The van der Waals surface area contributed by atoms with Crippen molar-refractivity contribution in [2.45, 2.75) is 24.0 Å². The molecule has 0 aromatic heterocycles. The van der Waals surface area contributed by atoms with Crippen molar-refractivity contribution in [3.8, 4) is 5.75 Å². The van der Waals surface area contributed by atoms with E-state index in [1.807, 2.05) is 6.26 Å². The highest BCUT2D eigenvalue weighted by Gasteiger charge is 2.32. The van der Waals surface area contributed by atoms with E-state index in [4.69, 9.17) is 10.5 Å². The number of aliphatic imine (C=N–C) groups is 1. The lowest BCUT2D eigenvalue weighted by molar-refractivity contribution is -0.274. The normalized spacial score (nSPS) is 18.2. The Morgan fingerprint density at radius 1 is 1.33 bits per heavy atom. The number of hydrogen-bond donors (Lipinski definition) is 2. The quantitative estimate of drug-likeness (QED) is 0.621. The van der Waals surface area contributed by atoms with Crippen LogP contribution in [0.15, 0.2) is 29.3 Å². The predicted octanol–water partition coefficient (Wildman–Crippen LogP) is 3.22. The fourth-order valence-electron chi connectivity index (χ4n) is 2.33. The van der Waals surface area contributed by atoms with Crippen molar-refractivity contribution in [2.24, 2.45) is 10.7 Å². The first-order chi connectivity index (χ1) is 11.3. The zero-order valence-corrected chi connectivity index (χ0v) is 14.0. The maximum Gasteiger partial charge on any atom is 0.573 e. The van der Waals surface area contributed by atoms with Gasteiger partial charge in [0.1, 0.15) is 5.75 Å². The minimum absolute atomic E-state index is 0.0228. The van der Waals surface area contributed by atoms with Crippen molar-refractivity contribution in [3.05, 3.63) is 24.3 Å². The Bertz CT molecular complexity index is 558. The van der Waals surface area contributed by atoms with E-state index in [-0.39, 0.29) is 16.5 Å². The Labute approximate surface area is 142 Å². The van der Waals surface area contributed by atoms with E-state index in [0.717, 1.165) is 12.8 Å². The second-order valence-electron chi connectivity index (χ2n) is 5.40. The van der Waals surface area contributed by atoms with Gasteiger partial charge in [-0.1, -0.05) is 0 Å². The summed E-state index contributed by atoms with van der Waals surface area (Å²) in [6, 6.07) is 5.32. The molecule has 0 bridgehead atoms. The van der Waals surface area contributed by atoms with Crippen LogP contribution in [0.4, 0.5) is 18.9 Å². The Kier molecular flexibility index (Phi) is 6.22. The van der Waals surface area contributed by atoms with Crippen LogP contribution in [-0.2, 0) is 4.74 Å². The van der Waals surface area contributed by atoms with Gasteiger partial charge in [-0.25, -0.2) is 0 Å². The summed E-state index contributed by atoms with van der Waals surface area (Å²) in [5.41, 5.74) is 6.40. The van der Waals surface area contributed by atoms with Gasteiger partial charge in [-0.2, -0.15) is 11.8 Å². The number of nitrogens with two attached hydrogens (primary N) is 1. The summed E-state index contributed by atoms with van der Waals surface area (Å²) in [5.74, 6) is -0.0634. The van der Waals surface area contributed by atoms with Crippen molar-refractivity contribution in [3.63, 3.8) is 0 Å². The molecule has 2 rings (SSSR count). The number of guanidine groups is 1. The van der Waals surface area contributed by atoms with Crippen LogP contribution < -0.4 is 15.8 Å². The summed E-state index contributed by atoms with van der Waals surface area (Å²) < 4.78 is 45.5. The molecule has 0 spiro atoms. The van der Waals surface area contributed by atoms with Gasteiger partial charge < -0.3 is 20.5 Å². The molecular weight excluding hydrogens is 343 g/mol. The molecule has 1 aliphatic rings. The number of halogens is 3. The van der Waals surface area contributed by atoms with Gasteiger partial charge in [-0.05, 0) is 43.4 Å². The highest BCUT2D eigenvalue weighted by molar-refractivity contribution is 8.00. The van der Waals surface area contributed by atoms with Crippen molar-refractivity contribution in [1.82, 2.24) is 0 Å². The number of thioether (sulfide) groups is 1. The minimum atomic E-state index is -4.70. The van der Waals surface area contributed by atoms with Gasteiger partial charge in [0.2, 0.25) is 0 Å². The topological polar surface area (TPSA) is 68.9 Å². The van der Waals surface area contributed by atoms with Gasteiger partial charge in [0.15, 0.2) is 5.96 Å². The zero-order chi connectivity index (χ0) is 17.6. The summed E-state index contributed by atoms with van der Waals surface area (Å²) in [6.45, 7) is 1.99. The lowest BCUT2D eigenvalue weighted by atomic mass is 9.99. The SMILES string of the molecule is CSC1(CN=C(N)Nc2ccc(OC(F)(F)F)cc2)CCOCC1. The fourth-order valence-corrected chi connectivity index (χ4v) is 3.10. The first kappa shape index (κ1) is 18.7. The third-order valence-corrected chi connectivity index (χ3v) is 5.14. The van der Waals surface area contributed by atoms with Crippen LogP contribution in [0.5, 0.6) is 5.75 Å². The summed E-state index contributed by atoms with van der Waals surface area (Å²) in [7, 11) is 0. The number of hydrogen-bond acceptors (Lipinski definition) is 4. The average molecular weight is 363 g/mol. The molecule has 1 heterocycles. The molecule has 1 aromatic rings. The molecule has 0 atom stereocenters. The number of anilines is 1. The molecule has 0 radical (unpaired) electrons. The molecule has 0 amide bonds. The van der Waals surface area contributed by atoms with Crippen molar-refractivity contribution < 1.29 is 22.6 Å². The monoisotopic (exact) mass is 363 g/mol. The molecular formula is C15H20F3N3O2S. The lowest BCUT2D eigenvalue weighted by Crippen LogP contribution is -2.37. The van der Waals surface area contributed by atoms with E-state index in [1.165, 1.54) is 24.3 Å². The number of ether oxygens (including phenoxy) is 2. The van der Waals surface area contributed by atoms with E-state index in [2.05, 4.69) is 15.0 Å². The molecule has 5 nitrogen and oxygen atoms in total. The van der Waals surface area contributed by atoms with Crippen LogP contribution in [0, 0.1) is 0 Å². The molecule has 0 aliphatic carbocycles. The average Bonchev–Trinajstić information content (AvgIpc) is 2.54. The first-order valence-electron chi connectivity index (χ1n) is 7.38. The van der Waals surface area contributed by atoms with Crippen LogP contribution >= 0.6 is 11.8 Å². The largest absolute Gasteiger partial charge is 0.573 e. The standard InChI is InChI=1S/C15H20F3N3O2S/c1-24-14(6-8-22-9-7-14)10-20-13(19)21-11-2-4-12(5-3-11)23-15(16,17)18/h2-5H,6-10H2,1H3,(H3,19,20,21). The number of alkyl halides is 3. The van der Waals surface area contributed by atoms with Gasteiger partial charge in [0.25, 0.3) is 0 Å². The summed E-state index contributed by atoms with van der Waals surface area (Å²) in [4.78, 5) is 4.36. The second kappa shape index (κ2) is 7.98. The smallest absolute Gasteiger partial charge is 0.406 e. The maximum absolute atomic E-state index is 12.1. The van der Waals surface area contributed by atoms with E-state index in [0.29, 0.717) is 25.4 Å². The number of benzene rings is 1. The Hall–Kier alpha value is -1.61. The van der Waals surface area contributed by atoms with Crippen molar-refractivity contribution in [2.75, 3.05) is 31.3 Å². The molecule has 9 heteroatoms. The van der Waals surface area contributed by atoms with Crippen molar-refractivity contribution >= 4 is 23.4 Å². The summed E-state index contributed by atoms with van der Waals surface area (Å²) in [5, 5.41) is 2.86. The van der Waals surface area contributed by atoms with Crippen molar-refractivity contribution in [1.29, 1.82) is 0 Å². The molecule has 0 unspecified atom stereocenters. The fraction of sp³-hybridized carbons (Fsp3) is 0.533. The van der Waals surface area contributed by atoms with Crippen LogP contribution in [0.25, 0.3) is 0 Å². The second-order valence-corrected chi connectivity index (χ2v) is 6.67. The minimum Gasteiger partial charge on any atom is -0.406 e. The lowest BCUT2D eigenvalue weighted by Gasteiger charge is -2.34. The van der Waals surface area contributed by atoms with E-state index in [1.54, 1.807) is 11.8 Å². The highest BCUT2D eigenvalue weighted by atomic mass is 32.2. The third-order valence-electron chi connectivity index (χ3n) is 3.73. The molecule has 134 valence electrons. The summed E-state index contributed by atoms with van der Waals surface area (Å²) in [6.07, 6.45) is -0.835. The Morgan fingerprint density at radius 2 is 1.96 bits per heavy atom. The number of nitrogens with zero attached hydrogens (tertiary/aromatic N) is 1. The van der Waals surface area contributed by atoms with Crippen LogP contribution in [0.2, 0.25) is 0 Å². The Balaban J connectivity index is 1.92. The highest BCUT2D eigenvalue weighted by Crippen LogP contribution is 2.34. The van der Waals surface area contributed by atoms with E-state index < -0.39 is 6.36 Å². The Morgan fingerprint density at radius 3 is 2.50 bits per heavy atom. The third kappa shape index (κ3) is 5.79. The molecule has 1 saturated heterocycles. The number of nitrogens with one attached hydrogen (secondary N) is 1. The molecule has 1 aromatic carbocycles.